The van der Waals surface area contributed by atoms with Gasteiger partial charge in [-0.25, -0.2) is 0 Å². The van der Waals surface area contributed by atoms with E-state index in [4.69, 9.17) is 16.2 Å². The molecule has 92 valence electrons. The summed E-state index contributed by atoms with van der Waals surface area (Å²) in [6, 6.07) is -0.868. The van der Waals surface area contributed by atoms with Crippen molar-refractivity contribution in [2.24, 2.45) is 11.5 Å². The topological polar surface area (TPSA) is 107 Å². The predicted octanol–water partition coefficient (Wildman–Crippen LogP) is -1.13. The van der Waals surface area contributed by atoms with Gasteiger partial charge in [0.2, 0.25) is 11.8 Å². The summed E-state index contributed by atoms with van der Waals surface area (Å²) in [6.07, 6.45) is 2.76. The summed E-state index contributed by atoms with van der Waals surface area (Å²) in [5.74, 6) is -0.912. The zero-order chi connectivity index (χ0) is 12.1. The van der Waals surface area contributed by atoms with E-state index in [2.05, 4.69) is 5.32 Å². The number of hydrogen-bond donors (Lipinski definition) is 3. The molecule has 0 aromatic rings. The van der Waals surface area contributed by atoms with Gasteiger partial charge >= 0.3 is 0 Å². The van der Waals surface area contributed by atoms with Gasteiger partial charge in [0.1, 0.15) is 0 Å². The molecule has 0 aromatic heterocycles. The Bertz CT molecular complexity index is 270. The first-order valence-corrected chi connectivity index (χ1v) is 5.41. The maximum absolute atomic E-state index is 11.6. The van der Waals surface area contributed by atoms with Gasteiger partial charge in [0.15, 0.2) is 0 Å². The van der Waals surface area contributed by atoms with Gasteiger partial charge < -0.3 is 21.5 Å². The predicted molar refractivity (Wildman–Crippen MR) is 58.4 cm³/mol. The van der Waals surface area contributed by atoms with E-state index in [-0.39, 0.29) is 24.5 Å². The average molecular weight is 229 g/mol. The van der Waals surface area contributed by atoms with Crippen LogP contribution in [0.2, 0.25) is 0 Å². The van der Waals surface area contributed by atoms with Crippen molar-refractivity contribution < 1.29 is 14.3 Å². The van der Waals surface area contributed by atoms with Crippen molar-refractivity contribution in [1.29, 1.82) is 0 Å². The summed E-state index contributed by atoms with van der Waals surface area (Å²) >= 11 is 0. The fraction of sp³-hybridized carbons (Fsp3) is 0.800. The van der Waals surface area contributed by atoms with E-state index in [1.807, 2.05) is 0 Å². The van der Waals surface area contributed by atoms with Crippen LogP contribution in [0.1, 0.15) is 25.7 Å². The first-order valence-electron chi connectivity index (χ1n) is 5.41. The fourth-order valence-corrected chi connectivity index (χ4v) is 1.97. The van der Waals surface area contributed by atoms with Gasteiger partial charge in [-0.1, -0.05) is 0 Å². The molecule has 5 N–H and O–H groups in total. The zero-order valence-corrected chi connectivity index (χ0v) is 9.44. The van der Waals surface area contributed by atoms with Crippen LogP contribution in [0.3, 0.4) is 0 Å². The molecule has 3 unspecified atom stereocenters. The van der Waals surface area contributed by atoms with Gasteiger partial charge in [-0.2, -0.15) is 0 Å². The summed E-state index contributed by atoms with van der Waals surface area (Å²) in [4.78, 5) is 22.2. The number of carbonyl (C=O) groups excluding carboxylic acids is 2. The summed E-state index contributed by atoms with van der Waals surface area (Å²) in [6.45, 7) is 0. The number of carbonyl (C=O) groups is 2. The molecule has 0 radical (unpaired) electrons. The zero-order valence-electron chi connectivity index (χ0n) is 9.44. The third-order valence-electron chi connectivity index (χ3n) is 2.84. The number of rotatable bonds is 5. The quantitative estimate of drug-likeness (QED) is 0.554. The van der Waals surface area contributed by atoms with Crippen LogP contribution < -0.4 is 16.8 Å². The van der Waals surface area contributed by atoms with Gasteiger partial charge in [0.25, 0.3) is 0 Å². The van der Waals surface area contributed by atoms with E-state index >= 15 is 0 Å². The fourth-order valence-electron chi connectivity index (χ4n) is 1.97. The second kappa shape index (κ2) is 5.81. The molecule has 6 heteroatoms. The molecule has 1 aliphatic rings. The molecule has 0 spiro atoms. The van der Waals surface area contributed by atoms with Crippen LogP contribution >= 0.6 is 0 Å². The van der Waals surface area contributed by atoms with Gasteiger partial charge in [0.05, 0.1) is 24.6 Å². The maximum atomic E-state index is 11.6. The Balaban J connectivity index is 2.41. The van der Waals surface area contributed by atoms with Crippen LogP contribution in [0.25, 0.3) is 0 Å². The Hall–Kier alpha value is -1.14. The van der Waals surface area contributed by atoms with E-state index in [9.17, 15) is 9.59 Å². The molecule has 16 heavy (non-hydrogen) atoms. The smallest absolute Gasteiger partial charge is 0.237 e. The highest BCUT2D eigenvalue weighted by atomic mass is 16.5. The molecule has 0 heterocycles. The number of methoxy groups -OCH3 is 1. The second-order valence-corrected chi connectivity index (χ2v) is 4.10. The van der Waals surface area contributed by atoms with Crippen molar-refractivity contribution in [3.63, 3.8) is 0 Å². The van der Waals surface area contributed by atoms with Crippen LogP contribution in [-0.4, -0.2) is 37.1 Å². The summed E-state index contributed by atoms with van der Waals surface area (Å²) in [5, 5.41) is 2.79. The molecule has 1 aliphatic carbocycles. The third-order valence-corrected chi connectivity index (χ3v) is 2.84. The minimum Gasteiger partial charge on any atom is -0.379 e. The molecule has 1 fully saturated rings. The Morgan fingerprint density at radius 1 is 1.50 bits per heavy atom. The minimum absolute atomic E-state index is 0.00331. The molecular weight excluding hydrogens is 210 g/mol. The summed E-state index contributed by atoms with van der Waals surface area (Å²) < 4.78 is 5.24. The molecule has 1 rings (SSSR count). The molecule has 3 atom stereocenters. The lowest BCUT2D eigenvalue weighted by atomic mass is 10.1. The summed E-state index contributed by atoms with van der Waals surface area (Å²) in [7, 11) is 1.62. The van der Waals surface area contributed by atoms with E-state index in [0.29, 0.717) is 0 Å². The Kier molecular flexibility index (Phi) is 4.70. The number of amides is 2. The molecule has 2 amide bonds. The normalized spacial score (nSPS) is 26.4. The van der Waals surface area contributed by atoms with Crippen molar-refractivity contribution in [1.82, 2.24) is 5.32 Å². The number of hydrogen-bond acceptors (Lipinski definition) is 4. The first kappa shape index (κ1) is 12.9. The lowest BCUT2D eigenvalue weighted by molar-refractivity contribution is -0.127. The van der Waals surface area contributed by atoms with Gasteiger partial charge in [-0.15, -0.1) is 0 Å². The van der Waals surface area contributed by atoms with Crippen molar-refractivity contribution in [2.75, 3.05) is 7.11 Å². The molecule has 0 aromatic carbocycles. The molecule has 0 saturated heterocycles. The second-order valence-electron chi connectivity index (χ2n) is 4.10. The van der Waals surface area contributed by atoms with Crippen LogP contribution in [-0.2, 0) is 14.3 Å². The van der Waals surface area contributed by atoms with Gasteiger partial charge in [-0.3, -0.25) is 9.59 Å². The minimum atomic E-state index is -0.865. The largest absolute Gasteiger partial charge is 0.379 e. The average Bonchev–Trinajstić information content (AvgIpc) is 2.64. The van der Waals surface area contributed by atoms with Crippen LogP contribution in [0.5, 0.6) is 0 Å². The van der Waals surface area contributed by atoms with E-state index in [0.717, 1.165) is 19.3 Å². The number of primary amides is 1. The maximum Gasteiger partial charge on any atom is 0.237 e. The van der Waals surface area contributed by atoms with E-state index in [1.165, 1.54) is 0 Å². The Labute approximate surface area is 94.7 Å². The Morgan fingerprint density at radius 3 is 2.75 bits per heavy atom. The number of nitrogens with one attached hydrogen (secondary N) is 1. The lowest BCUT2D eigenvalue weighted by Gasteiger charge is -2.21. The van der Waals surface area contributed by atoms with E-state index in [1.54, 1.807) is 7.11 Å². The molecular formula is C10H19N3O3. The molecule has 1 saturated carbocycles. The van der Waals surface area contributed by atoms with Crippen molar-refractivity contribution in [3.05, 3.63) is 0 Å². The monoisotopic (exact) mass is 229 g/mol. The molecule has 0 bridgehead atoms. The van der Waals surface area contributed by atoms with E-state index < -0.39 is 11.9 Å². The van der Waals surface area contributed by atoms with Crippen molar-refractivity contribution >= 4 is 11.8 Å². The summed E-state index contributed by atoms with van der Waals surface area (Å²) in [5.41, 5.74) is 10.5. The highest BCUT2D eigenvalue weighted by Crippen LogP contribution is 2.21. The highest BCUT2D eigenvalue weighted by Gasteiger charge is 2.29. The highest BCUT2D eigenvalue weighted by molar-refractivity contribution is 5.87. The van der Waals surface area contributed by atoms with Crippen LogP contribution in [0.15, 0.2) is 0 Å². The number of nitrogens with two attached hydrogens (primary N) is 2. The van der Waals surface area contributed by atoms with Gasteiger partial charge in [0, 0.05) is 7.11 Å². The Morgan fingerprint density at radius 2 is 2.19 bits per heavy atom. The van der Waals surface area contributed by atoms with Crippen molar-refractivity contribution in [3.8, 4) is 0 Å². The molecule has 6 nitrogen and oxygen atoms in total. The van der Waals surface area contributed by atoms with Crippen molar-refractivity contribution in [2.45, 2.75) is 43.9 Å². The third kappa shape index (κ3) is 3.46. The number of ether oxygens (including phenoxy) is 1. The first-order chi connectivity index (χ1) is 7.54. The molecule has 0 aliphatic heterocycles. The van der Waals surface area contributed by atoms with Crippen LogP contribution in [0.4, 0.5) is 0 Å². The van der Waals surface area contributed by atoms with Gasteiger partial charge in [-0.05, 0) is 19.3 Å². The van der Waals surface area contributed by atoms with Crippen LogP contribution in [0, 0.1) is 0 Å². The standard InChI is InChI=1S/C10H19N3O3/c1-16-8-4-2-3-7(8)13-10(15)6(11)5-9(12)14/h6-8H,2-5,11H2,1H3,(H2,12,14)(H,13,15). The lowest BCUT2D eigenvalue weighted by Crippen LogP contribution is -2.49. The SMILES string of the molecule is COC1CCCC1NC(=O)C(N)CC(N)=O.